The molecule has 9 nitrogen and oxygen atoms in total. The summed E-state index contributed by atoms with van der Waals surface area (Å²) in [5.41, 5.74) is 1.86. The maximum absolute atomic E-state index is 12.8. The van der Waals surface area contributed by atoms with Gasteiger partial charge in [-0.05, 0) is 51.1 Å². The zero-order chi connectivity index (χ0) is 25.3. The second-order valence-corrected chi connectivity index (χ2v) is 11.0. The van der Waals surface area contributed by atoms with E-state index in [1.165, 1.54) is 12.3 Å². The monoisotopic (exact) mass is 511 g/mol. The largest absolute Gasteiger partial charge is 0.476 e. The fourth-order valence-electron chi connectivity index (χ4n) is 3.39. The molecule has 0 aliphatic heterocycles. The Kier molecular flexibility index (Phi) is 6.60. The average Bonchev–Trinajstić information content (AvgIpc) is 2.80. The van der Waals surface area contributed by atoms with E-state index in [9.17, 15) is 18.3 Å². The van der Waals surface area contributed by atoms with Gasteiger partial charge in [0.1, 0.15) is 5.02 Å². The fraction of sp³-hybridized carbons (Fsp3) is 0.167. The van der Waals surface area contributed by atoms with Gasteiger partial charge in [-0.25, -0.2) is 23.2 Å². The molecular weight excluding hydrogens is 490 g/mol. The first kappa shape index (κ1) is 24.4. The molecule has 0 atom stereocenters. The van der Waals surface area contributed by atoms with Crippen LogP contribution in [-0.2, 0) is 9.84 Å². The highest BCUT2D eigenvalue weighted by atomic mass is 35.5. The number of carbonyl (C=O) groups is 1. The molecule has 0 fully saturated rings. The molecule has 0 radical (unpaired) electrons. The molecule has 0 saturated heterocycles. The smallest absolute Gasteiger partial charge is 0.356 e. The van der Waals surface area contributed by atoms with Gasteiger partial charge in [0.25, 0.3) is 0 Å². The van der Waals surface area contributed by atoms with Crippen LogP contribution in [-0.4, -0.2) is 39.7 Å². The van der Waals surface area contributed by atoms with Crippen molar-refractivity contribution in [2.75, 3.05) is 10.6 Å². The van der Waals surface area contributed by atoms with Crippen molar-refractivity contribution in [1.29, 1.82) is 0 Å². The summed E-state index contributed by atoms with van der Waals surface area (Å²) in [4.78, 5) is 24.7. The number of aromatic nitrogens is 3. The van der Waals surface area contributed by atoms with Crippen LogP contribution in [0.1, 0.15) is 29.9 Å². The van der Waals surface area contributed by atoms with Crippen molar-refractivity contribution in [3.05, 3.63) is 71.0 Å². The normalized spacial score (nSPS) is 11.6. The van der Waals surface area contributed by atoms with Gasteiger partial charge in [-0.1, -0.05) is 35.4 Å². The summed E-state index contributed by atoms with van der Waals surface area (Å²) in [6.45, 7) is 5.13. The van der Waals surface area contributed by atoms with Gasteiger partial charge < -0.3 is 15.7 Å². The highest BCUT2D eigenvalue weighted by Gasteiger charge is 2.23. The number of para-hydroxylation sites is 1. The highest BCUT2D eigenvalue weighted by Crippen LogP contribution is 2.31. The van der Waals surface area contributed by atoms with E-state index in [2.05, 4.69) is 25.6 Å². The molecule has 0 saturated carbocycles. The Morgan fingerprint density at radius 1 is 1.03 bits per heavy atom. The summed E-state index contributed by atoms with van der Waals surface area (Å²) in [6, 6.07) is 13.6. The lowest BCUT2D eigenvalue weighted by atomic mass is 10.1. The van der Waals surface area contributed by atoms with E-state index in [0.717, 1.165) is 10.9 Å². The minimum Gasteiger partial charge on any atom is -0.476 e. The third kappa shape index (κ3) is 5.03. The standard InChI is InChI=1S/C24H22ClN5O4S/c1-13(2)35(33,34)20-7-5-4-6-18(20)28-22-16(25)12-26-24(30-22)29-19-11-15-10-14(3)8-9-17(15)27-21(19)23(31)32/h4-13H,1-3H3,(H,31,32)(H2,26,28,29,30). The topological polar surface area (TPSA) is 134 Å². The number of carboxylic acid groups (broad SMARTS) is 1. The lowest BCUT2D eigenvalue weighted by Gasteiger charge is -2.15. The van der Waals surface area contributed by atoms with Crippen LogP contribution < -0.4 is 10.6 Å². The lowest BCUT2D eigenvalue weighted by Crippen LogP contribution is -2.15. The van der Waals surface area contributed by atoms with Gasteiger partial charge in [0.2, 0.25) is 5.95 Å². The van der Waals surface area contributed by atoms with E-state index >= 15 is 0 Å². The number of hydrogen-bond donors (Lipinski definition) is 3. The summed E-state index contributed by atoms with van der Waals surface area (Å²) in [5.74, 6) is -1.01. The third-order valence-electron chi connectivity index (χ3n) is 5.23. The number of fused-ring (bicyclic) bond motifs is 1. The number of nitrogens with zero attached hydrogens (tertiary/aromatic N) is 3. The minimum atomic E-state index is -3.58. The van der Waals surface area contributed by atoms with Crippen molar-refractivity contribution in [3.63, 3.8) is 0 Å². The molecule has 3 N–H and O–H groups in total. The molecular formula is C24H22ClN5O4S. The fourth-order valence-corrected chi connectivity index (χ4v) is 4.73. The Morgan fingerprint density at radius 2 is 1.77 bits per heavy atom. The number of pyridine rings is 1. The number of sulfone groups is 1. The summed E-state index contributed by atoms with van der Waals surface area (Å²) in [5, 5.41) is 15.8. The van der Waals surface area contributed by atoms with Gasteiger partial charge in [-0.3, -0.25) is 0 Å². The van der Waals surface area contributed by atoms with Crippen LogP contribution in [0.2, 0.25) is 5.02 Å². The van der Waals surface area contributed by atoms with Crippen LogP contribution in [0, 0.1) is 6.92 Å². The Bertz CT molecular complexity index is 1560. The average molecular weight is 512 g/mol. The summed E-state index contributed by atoms with van der Waals surface area (Å²) >= 11 is 6.28. The summed E-state index contributed by atoms with van der Waals surface area (Å²) < 4.78 is 25.6. The quantitative estimate of drug-likeness (QED) is 0.300. The molecule has 0 amide bonds. The summed E-state index contributed by atoms with van der Waals surface area (Å²) in [6.07, 6.45) is 1.33. The molecule has 35 heavy (non-hydrogen) atoms. The van der Waals surface area contributed by atoms with Crippen LogP contribution in [0.25, 0.3) is 10.9 Å². The van der Waals surface area contributed by atoms with Crippen molar-refractivity contribution >= 4 is 61.5 Å². The second kappa shape index (κ2) is 9.47. The molecule has 11 heteroatoms. The Labute approximate surface area is 207 Å². The van der Waals surface area contributed by atoms with Crippen molar-refractivity contribution in [3.8, 4) is 0 Å². The van der Waals surface area contributed by atoms with Crippen LogP contribution in [0.5, 0.6) is 0 Å². The maximum Gasteiger partial charge on any atom is 0.356 e. The van der Waals surface area contributed by atoms with E-state index in [-0.39, 0.29) is 33.1 Å². The zero-order valence-corrected chi connectivity index (χ0v) is 20.6. The molecule has 0 aliphatic rings. The number of aryl methyl sites for hydroxylation is 1. The first-order chi connectivity index (χ1) is 16.6. The van der Waals surface area contributed by atoms with Crippen LogP contribution in [0.15, 0.2) is 59.6 Å². The van der Waals surface area contributed by atoms with Gasteiger partial charge in [-0.2, -0.15) is 4.98 Å². The molecule has 0 bridgehead atoms. The number of rotatable bonds is 7. The van der Waals surface area contributed by atoms with Gasteiger partial charge in [0, 0.05) is 5.39 Å². The number of aromatic carboxylic acids is 1. The lowest BCUT2D eigenvalue weighted by molar-refractivity contribution is 0.0692. The van der Waals surface area contributed by atoms with Crippen LogP contribution in [0.4, 0.5) is 23.1 Å². The number of anilines is 4. The Balaban J connectivity index is 1.73. The molecule has 180 valence electrons. The Hall–Kier alpha value is -3.76. The maximum atomic E-state index is 12.8. The van der Waals surface area contributed by atoms with E-state index < -0.39 is 21.1 Å². The van der Waals surface area contributed by atoms with Crippen LogP contribution >= 0.6 is 11.6 Å². The highest BCUT2D eigenvalue weighted by molar-refractivity contribution is 7.92. The second-order valence-electron chi connectivity index (χ2n) is 8.12. The zero-order valence-electron chi connectivity index (χ0n) is 19.1. The van der Waals surface area contributed by atoms with Gasteiger partial charge in [0.15, 0.2) is 21.3 Å². The number of nitrogens with one attached hydrogen (secondary N) is 2. The van der Waals surface area contributed by atoms with E-state index in [4.69, 9.17) is 11.6 Å². The molecule has 4 rings (SSSR count). The minimum absolute atomic E-state index is 0.0531. The van der Waals surface area contributed by atoms with Gasteiger partial charge in [-0.15, -0.1) is 0 Å². The third-order valence-corrected chi connectivity index (χ3v) is 7.72. The number of hydrogen-bond acceptors (Lipinski definition) is 8. The predicted molar refractivity (Wildman–Crippen MR) is 136 cm³/mol. The predicted octanol–water partition coefficient (Wildman–Crippen LogP) is 5.35. The van der Waals surface area contributed by atoms with Gasteiger partial charge >= 0.3 is 5.97 Å². The summed E-state index contributed by atoms with van der Waals surface area (Å²) in [7, 11) is -3.58. The van der Waals surface area contributed by atoms with Crippen molar-refractivity contribution in [2.45, 2.75) is 30.9 Å². The van der Waals surface area contributed by atoms with Crippen molar-refractivity contribution in [1.82, 2.24) is 15.0 Å². The first-order valence-corrected chi connectivity index (χ1v) is 12.5. The molecule has 2 heterocycles. The molecule has 0 aliphatic carbocycles. The molecule has 0 spiro atoms. The number of halogens is 1. The Morgan fingerprint density at radius 3 is 2.49 bits per heavy atom. The van der Waals surface area contributed by atoms with Crippen molar-refractivity contribution < 1.29 is 18.3 Å². The number of benzene rings is 2. The molecule has 0 unspecified atom stereocenters. The van der Waals surface area contributed by atoms with Gasteiger partial charge in [0.05, 0.1) is 33.2 Å². The van der Waals surface area contributed by atoms with Crippen molar-refractivity contribution in [2.24, 2.45) is 0 Å². The van der Waals surface area contributed by atoms with Crippen LogP contribution in [0.3, 0.4) is 0 Å². The van der Waals surface area contributed by atoms with E-state index in [0.29, 0.717) is 11.2 Å². The molecule has 4 aromatic rings. The molecule has 2 aromatic carbocycles. The first-order valence-electron chi connectivity index (χ1n) is 10.6. The molecule has 2 aromatic heterocycles. The number of carboxylic acids is 1. The van der Waals surface area contributed by atoms with E-state index in [1.807, 2.05) is 19.1 Å². The SMILES string of the molecule is Cc1ccc2nc(C(=O)O)c(Nc3ncc(Cl)c(Nc4ccccc4S(=O)(=O)C(C)C)n3)cc2c1. The van der Waals surface area contributed by atoms with E-state index in [1.54, 1.807) is 44.2 Å².